The number of anilines is 1. The Bertz CT molecular complexity index is 1070. The van der Waals surface area contributed by atoms with E-state index >= 15 is 0 Å². The van der Waals surface area contributed by atoms with Crippen LogP contribution in [-0.2, 0) is 0 Å². The highest BCUT2D eigenvalue weighted by atomic mass is 16.3. The van der Waals surface area contributed by atoms with Gasteiger partial charge >= 0.3 is 0 Å². The third-order valence-electron chi connectivity index (χ3n) is 3.64. The van der Waals surface area contributed by atoms with Gasteiger partial charge in [-0.1, -0.05) is 42.0 Å². The van der Waals surface area contributed by atoms with Crippen LogP contribution in [0.2, 0.25) is 0 Å². The summed E-state index contributed by atoms with van der Waals surface area (Å²) in [5.74, 6) is 0.184. The molecule has 3 aromatic rings. The Morgan fingerprint density at radius 1 is 1.27 bits per heavy atom. The van der Waals surface area contributed by atoms with Gasteiger partial charge in [-0.3, -0.25) is 9.78 Å². The number of aromatic nitrogens is 2. The Hall–Kier alpha value is -3.92. The molecule has 0 aliphatic rings. The molecule has 128 valence electrons. The minimum absolute atomic E-state index is 0.0675. The summed E-state index contributed by atoms with van der Waals surface area (Å²) in [5.41, 5.74) is 4.42. The van der Waals surface area contributed by atoms with Gasteiger partial charge in [0.15, 0.2) is 0 Å². The molecule has 0 saturated heterocycles. The topological polar surface area (TPSA) is 114 Å². The zero-order valence-electron chi connectivity index (χ0n) is 13.9. The van der Waals surface area contributed by atoms with Gasteiger partial charge in [-0.25, -0.2) is 10.4 Å². The quantitative estimate of drug-likeness (QED) is 0.497. The van der Waals surface area contributed by atoms with E-state index in [4.69, 9.17) is 0 Å². The van der Waals surface area contributed by atoms with Crippen LogP contribution in [0.1, 0.15) is 16.7 Å². The number of hydrogen-bond donors (Lipinski definition) is 3. The number of nitriles is 1. The zero-order chi connectivity index (χ0) is 18.5. The number of H-pyrrole nitrogens is 1. The van der Waals surface area contributed by atoms with E-state index in [2.05, 4.69) is 20.5 Å². The maximum Gasteiger partial charge on any atom is 0.270 e. The molecule has 3 N–H and O–H groups in total. The summed E-state index contributed by atoms with van der Waals surface area (Å²) in [4.78, 5) is 18.9. The number of rotatable bonds is 4. The first-order chi connectivity index (χ1) is 12.6. The van der Waals surface area contributed by atoms with Crippen molar-refractivity contribution >= 4 is 12.2 Å². The Kier molecular flexibility index (Phi) is 4.76. The second-order valence-electron chi connectivity index (χ2n) is 5.55. The first-order valence-electron chi connectivity index (χ1n) is 7.77. The molecule has 0 fully saturated rings. The lowest BCUT2D eigenvalue weighted by Gasteiger charge is -2.06. The fraction of sp³-hybridized carbons (Fsp3) is 0.0526. The zero-order valence-corrected chi connectivity index (χ0v) is 13.9. The van der Waals surface area contributed by atoms with Crippen LogP contribution in [0, 0.1) is 18.3 Å². The molecule has 0 spiro atoms. The normalized spacial score (nSPS) is 10.6. The molecule has 7 nitrogen and oxygen atoms in total. The van der Waals surface area contributed by atoms with Crippen molar-refractivity contribution in [1.29, 1.82) is 5.26 Å². The van der Waals surface area contributed by atoms with Crippen molar-refractivity contribution in [3.05, 3.63) is 75.6 Å². The maximum absolute atomic E-state index is 12.1. The smallest absolute Gasteiger partial charge is 0.270 e. The number of nitrogens with one attached hydrogen (secondary N) is 2. The van der Waals surface area contributed by atoms with Crippen LogP contribution in [-0.4, -0.2) is 21.3 Å². The van der Waals surface area contributed by atoms with Gasteiger partial charge in [0.2, 0.25) is 5.95 Å². The van der Waals surface area contributed by atoms with Gasteiger partial charge < -0.3 is 5.11 Å². The largest absolute Gasteiger partial charge is 0.507 e. The SMILES string of the molecule is Cc1ccc(O)c(C=NNc2nc(-c3ccccc3)c(C#N)c(=O)[nH]2)c1. The lowest BCUT2D eigenvalue weighted by molar-refractivity contribution is 0.474. The molecule has 0 radical (unpaired) electrons. The average Bonchev–Trinajstić information content (AvgIpc) is 2.65. The number of aromatic amines is 1. The maximum atomic E-state index is 12.1. The Balaban J connectivity index is 1.93. The first kappa shape index (κ1) is 16.9. The summed E-state index contributed by atoms with van der Waals surface area (Å²) in [6, 6.07) is 16.0. The van der Waals surface area contributed by atoms with Crippen molar-refractivity contribution in [3.63, 3.8) is 0 Å². The number of aryl methyl sites for hydroxylation is 1. The number of benzene rings is 2. The predicted octanol–water partition coefficient (Wildman–Crippen LogP) is 2.77. The van der Waals surface area contributed by atoms with Crippen LogP contribution in [0.3, 0.4) is 0 Å². The molecule has 1 heterocycles. The standard InChI is InChI=1S/C19H15N5O2/c1-12-7-8-16(25)14(9-12)11-21-24-19-22-17(13-5-3-2-4-6-13)15(10-20)18(26)23-19/h2-9,11,25H,1H3,(H2,22,23,24,26). The van der Waals surface area contributed by atoms with Crippen LogP contribution in [0.4, 0.5) is 5.95 Å². The van der Waals surface area contributed by atoms with Crippen LogP contribution in [0.15, 0.2) is 58.4 Å². The van der Waals surface area contributed by atoms with E-state index < -0.39 is 5.56 Å². The highest BCUT2D eigenvalue weighted by Gasteiger charge is 2.12. The summed E-state index contributed by atoms with van der Waals surface area (Å²) in [7, 11) is 0. The third-order valence-corrected chi connectivity index (χ3v) is 3.64. The second-order valence-corrected chi connectivity index (χ2v) is 5.55. The summed E-state index contributed by atoms with van der Waals surface area (Å²) >= 11 is 0. The molecule has 1 aromatic heterocycles. The molecule has 0 atom stereocenters. The number of nitrogens with zero attached hydrogens (tertiary/aromatic N) is 3. The minimum Gasteiger partial charge on any atom is -0.507 e. The molecule has 0 saturated carbocycles. The van der Waals surface area contributed by atoms with E-state index in [1.54, 1.807) is 42.5 Å². The van der Waals surface area contributed by atoms with E-state index in [1.807, 2.05) is 19.1 Å². The fourth-order valence-corrected chi connectivity index (χ4v) is 2.38. The van der Waals surface area contributed by atoms with Crippen LogP contribution in [0.25, 0.3) is 11.3 Å². The van der Waals surface area contributed by atoms with Crippen molar-refractivity contribution in [2.24, 2.45) is 5.10 Å². The van der Waals surface area contributed by atoms with Gasteiger partial charge in [0, 0.05) is 11.1 Å². The Morgan fingerprint density at radius 2 is 2.04 bits per heavy atom. The van der Waals surface area contributed by atoms with Crippen LogP contribution < -0.4 is 11.0 Å². The molecular weight excluding hydrogens is 330 g/mol. The molecule has 0 unspecified atom stereocenters. The summed E-state index contributed by atoms with van der Waals surface area (Å²) in [5, 5.41) is 23.0. The minimum atomic E-state index is -0.558. The fourth-order valence-electron chi connectivity index (χ4n) is 2.38. The van der Waals surface area contributed by atoms with E-state index in [0.29, 0.717) is 11.1 Å². The second kappa shape index (κ2) is 7.32. The summed E-state index contributed by atoms with van der Waals surface area (Å²) in [6.07, 6.45) is 1.42. The van der Waals surface area contributed by atoms with Crippen molar-refractivity contribution in [3.8, 4) is 23.1 Å². The highest BCUT2D eigenvalue weighted by Crippen LogP contribution is 2.19. The monoisotopic (exact) mass is 345 g/mol. The molecular formula is C19H15N5O2. The Labute approximate surface area is 149 Å². The van der Waals surface area contributed by atoms with Crippen molar-refractivity contribution in [2.45, 2.75) is 6.92 Å². The number of hydrogen-bond acceptors (Lipinski definition) is 6. The molecule has 26 heavy (non-hydrogen) atoms. The van der Waals surface area contributed by atoms with Gasteiger partial charge in [0.1, 0.15) is 17.4 Å². The van der Waals surface area contributed by atoms with Crippen LogP contribution in [0.5, 0.6) is 5.75 Å². The third kappa shape index (κ3) is 3.60. The molecule has 3 rings (SSSR count). The van der Waals surface area contributed by atoms with Crippen LogP contribution >= 0.6 is 0 Å². The first-order valence-corrected chi connectivity index (χ1v) is 7.77. The number of aromatic hydroxyl groups is 1. The molecule has 0 bridgehead atoms. The van der Waals surface area contributed by atoms with E-state index in [0.717, 1.165) is 5.56 Å². The van der Waals surface area contributed by atoms with Gasteiger partial charge in [-0.05, 0) is 19.1 Å². The van der Waals surface area contributed by atoms with Gasteiger partial charge in [0.05, 0.1) is 11.9 Å². The van der Waals surface area contributed by atoms with E-state index in [9.17, 15) is 15.2 Å². The molecule has 0 aliphatic carbocycles. The molecule has 0 amide bonds. The van der Waals surface area contributed by atoms with E-state index in [-0.39, 0.29) is 23.0 Å². The van der Waals surface area contributed by atoms with Gasteiger partial charge in [-0.2, -0.15) is 10.4 Å². The summed E-state index contributed by atoms with van der Waals surface area (Å²) in [6.45, 7) is 1.90. The number of phenolic OH excluding ortho intramolecular Hbond substituents is 1. The van der Waals surface area contributed by atoms with Gasteiger partial charge in [-0.15, -0.1) is 0 Å². The summed E-state index contributed by atoms with van der Waals surface area (Å²) < 4.78 is 0. The number of phenols is 1. The van der Waals surface area contributed by atoms with Crippen molar-refractivity contribution in [2.75, 3.05) is 5.43 Å². The van der Waals surface area contributed by atoms with Crippen molar-refractivity contribution < 1.29 is 5.11 Å². The lowest BCUT2D eigenvalue weighted by Crippen LogP contribution is -2.16. The Morgan fingerprint density at radius 3 is 2.77 bits per heavy atom. The molecule has 2 aromatic carbocycles. The molecule has 0 aliphatic heterocycles. The van der Waals surface area contributed by atoms with Gasteiger partial charge in [0.25, 0.3) is 5.56 Å². The molecule has 7 heteroatoms. The number of hydrazone groups is 1. The lowest BCUT2D eigenvalue weighted by atomic mass is 10.1. The van der Waals surface area contributed by atoms with E-state index in [1.165, 1.54) is 6.21 Å². The highest BCUT2D eigenvalue weighted by molar-refractivity contribution is 5.84. The average molecular weight is 345 g/mol. The van der Waals surface area contributed by atoms with Crippen molar-refractivity contribution in [1.82, 2.24) is 9.97 Å². The predicted molar refractivity (Wildman–Crippen MR) is 99.1 cm³/mol.